The Labute approximate surface area is 104 Å². The Kier molecular flexibility index (Phi) is 2.83. The van der Waals surface area contributed by atoms with Crippen molar-refractivity contribution in [3.63, 3.8) is 0 Å². The molecule has 0 unspecified atom stereocenters. The summed E-state index contributed by atoms with van der Waals surface area (Å²) in [4.78, 5) is 0. The number of rotatable bonds is 3. The zero-order valence-electron chi connectivity index (χ0n) is 10.1. The van der Waals surface area contributed by atoms with Crippen molar-refractivity contribution in [2.24, 2.45) is 0 Å². The van der Waals surface area contributed by atoms with Gasteiger partial charge in [-0.3, -0.25) is 0 Å². The van der Waals surface area contributed by atoms with E-state index >= 15 is 0 Å². The van der Waals surface area contributed by atoms with Crippen molar-refractivity contribution in [2.45, 2.75) is 37.7 Å². The predicted octanol–water partition coefficient (Wildman–Crippen LogP) is 0.626. The van der Waals surface area contributed by atoms with E-state index in [1.165, 1.54) is 11.1 Å². The molecule has 7 heteroatoms. The quantitative estimate of drug-likeness (QED) is 0.828. The number of fused-ring (bicyclic) bond motifs is 1. The van der Waals surface area contributed by atoms with Gasteiger partial charge in [-0.1, -0.05) is 19.3 Å². The largest absolute Gasteiger partial charge is 0.388 e. The van der Waals surface area contributed by atoms with E-state index in [0.717, 1.165) is 25.7 Å². The number of anilines is 1. The lowest BCUT2D eigenvalue weighted by atomic mass is 9.85. The SMILES string of the molecule is OC1(CNc2ccc3nnnn3n2)CCCCC1. The van der Waals surface area contributed by atoms with Crippen molar-refractivity contribution in [2.75, 3.05) is 11.9 Å². The zero-order valence-corrected chi connectivity index (χ0v) is 10.1. The third-order valence-corrected chi connectivity index (χ3v) is 3.45. The zero-order chi connectivity index (χ0) is 12.4. The number of tetrazole rings is 1. The summed E-state index contributed by atoms with van der Waals surface area (Å²) < 4.78 is 1.37. The molecule has 1 aliphatic rings. The summed E-state index contributed by atoms with van der Waals surface area (Å²) in [6.07, 6.45) is 5.12. The molecule has 0 aromatic carbocycles. The van der Waals surface area contributed by atoms with Crippen LogP contribution in [0.2, 0.25) is 0 Å². The second-order valence-corrected chi connectivity index (χ2v) is 4.88. The minimum atomic E-state index is -0.602. The Morgan fingerprint density at radius 2 is 2.11 bits per heavy atom. The number of aromatic nitrogens is 5. The molecule has 0 bridgehead atoms. The average molecular weight is 248 g/mol. The molecular formula is C11H16N6O. The number of hydrogen-bond donors (Lipinski definition) is 2. The van der Waals surface area contributed by atoms with Gasteiger partial charge in [-0.2, -0.15) is 0 Å². The normalized spacial score (nSPS) is 18.9. The first-order valence-corrected chi connectivity index (χ1v) is 6.27. The lowest BCUT2D eigenvalue weighted by molar-refractivity contribution is 0.0166. The van der Waals surface area contributed by atoms with Gasteiger partial charge in [-0.05, 0) is 35.4 Å². The van der Waals surface area contributed by atoms with E-state index in [2.05, 4.69) is 25.9 Å². The maximum absolute atomic E-state index is 10.4. The van der Waals surface area contributed by atoms with Gasteiger partial charge < -0.3 is 10.4 Å². The molecule has 0 amide bonds. The molecule has 2 aromatic rings. The van der Waals surface area contributed by atoms with Crippen molar-refractivity contribution < 1.29 is 5.11 Å². The lowest BCUT2D eigenvalue weighted by Gasteiger charge is -2.32. The van der Waals surface area contributed by atoms with Crippen molar-refractivity contribution in [3.05, 3.63) is 12.1 Å². The van der Waals surface area contributed by atoms with Crippen LogP contribution in [0.4, 0.5) is 5.82 Å². The minimum absolute atomic E-state index is 0.521. The molecule has 96 valence electrons. The summed E-state index contributed by atoms with van der Waals surface area (Å²) in [5.74, 6) is 0.675. The third-order valence-electron chi connectivity index (χ3n) is 3.45. The summed E-state index contributed by atoms with van der Waals surface area (Å²) >= 11 is 0. The number of nitrogens with zero attached hydrogens (tertiary/aromatic N) is 5. The Bertz CT molecular complexity index is 533. The molecule has 0 aliphatic heterocycles. The van der Waals surface area contributed by atoms with Crippen molar-refractivity contribution >= 4 is 11.5 Å². The van der Waals surface area contributed by atoms with Gasteiger partial charge in [0.05, 0.1) is 5.60 Å². The maximum Gasteiger partial charge on any atom is 0.200 e. The van der Waals surface area contributed by atoms with Gasteiger partial charge in [-0.25, -0.2) is 0 Å². The molecule has 0 spiro atoms. The van der Waals surface area contributed by atoms with Crippen LogP contribution in [0.5, 0.6) is 0 Å². The van der Waals surface area contributed by atoms with Crippen LogP contribution in [0, 0.1) is 0 Å². The van der Waals surface area contributed by atoms with E-state index in [4.69, 9.17) is 0 Å². The van der Waals surface area contributed by atoms with E-state index in [-0.39, 0.29) is 0 Å². The Morgan fingerprint density at radius 1 is 1.28 bits per heavy atom. The van der Waals surface area contributed by atoms with Crippen LogP contribution in [-0.2, 0) is 0 Å². The summed E-state index contributed by atoms with van der Waals surface area (Å²) in [6, 6.07) is 3.61. The van der Waals surface area contributed by atoms with Gasteiger partial charge in [-0.15, -0.1) is 14.8 Å². The molecule has 2 aromatic heterocycles. The second-order valence-electron chi connectivity index (χ2n) is 4.88. The third kappa shape index (κ3) is 2.26. The van der Waals surface area contributed by atoms with Gasteiger partial charge >= 0.3 is 0 Å². The van der Waals surface area contributed by atoms with Crippen LogP contribution < -0.4 is 5.32 Å². The van der Waals surface area contributed by atoms with E-state index < -0.39 is 5.60 Å². The molecular weight excluding hydrogens is 232 g/mol. The van der Waals surface area contributed by atoms with Crippen molar-refractivity contribution in [3.8, 4) is 0 Å². The highest BCUT2D eigenvalue weighted by molar-refractivity contribution is 5.42. The molecule has 1 aliphatic carbocycles. The van der Waals surface area contributed by atoms with Crippen LogP contribution in [-0.4, -0.2) is 42.5 Å². The molecule has 7 nitrogen and oxygen atoms in total. The van der Waals surface area contributed by atoms with Gasteiger partial charge in [0, 0.05) is 6.54 Å². The molecule has 18 heavy (non-hydrogen) atoms. The molecule has 3 rings (SSSR count). The van der Waals surface area contributed by atoms with Gasteiger partial charge in [0.15, 0.2) is 5.65 Å². The summed E-state index contributed by atoms with van der Waals surface area (Å²) in [5, 5.41) is 28.8. The van der Waals surface area contributed by atoms with Gasteiger partial charge in [0.25, 0.3) is 0 Å². The Hall–Kier alpha value is -1.76. The highest BCUT2D eigenvalue weighted by atomic mass is 16.3. The fourth-order valence-electron chi connectivity index (χ4n) is 2.39. The lowest BCUT2D eigenvalue weighted by Crippen LogP contribution is -2.39. The van der Waals surface area contributed by atoms with Crippen LogP contribution in [0.15, 0.2) is 12.1 Å². The molecule has 0 saturated heterocycles. The van der Waals surface area contributed by atoms with Crippen molar-refractivity contribution in [1.29, 1.82) is 0 Å². The molecule has 2 heterocycles. The fourth-order valence-corrected chi connectivity index (χ4v) is 2.39. The average Bonchev–Trinajstić information content (AvgIpc) is 2.85. The van der Waals surface area contributed by atoms with E-state index in [1.807, 2.05) is 6.07 Å². The molecule has 1 fully saturated rings. The highest BCUT2D eigenvalue weighted by Crippen LogP contribution is 2.28. The molecule has 2 N–H and O–H groups in total. The van der Waals surface area contributed by atoms with E-state index in [9.17, 15) is 5.11 Å². The topological polar surface area (TPSA) is 88.2 Å². The molecule has 1 saturated carbocycles. The standard InChI is InChI=1S/C11H16N6O/c18-11(6-2-1-3-7-11)8-12-9-4-5-10-13-15-16-17(10)14-9/h4-5,18H,1-3,6-8H2,(H,12,14). The van der Waals surface area contributed by atoms with Gasteiger partial charge in [0.2, 0.25) is 0 Å². The summed E-state index contributed by atoms with van der Waals surface area (Å²) in [5.41, 5.74) is 0.00658. The van der Waals surface area contributed by atoms with Gasteiger partial charge in [0.1, 0.15) is 5.82 Å². The van der Waals surface area contributed by atoms with E-state index in [0.29, 0.717) is 18.0 Å². The fraction of sp³-hybridized carbons (Fsp3) is 0.636. The molecule has 0 atom stereocenters. The minimum Gasteiger partial charge on any atom is -0.388 e. The smallest absolute Gasteiger partial charge is 0.200 e. The van der Waals surface area contributed by atoms with Crippen LogP contribution in [0.25, 0.3) is 5.65 Å². The van der Waals surface area contributed by atoms with E-state index in [1.54, 1.807) is 6.07 Å². The predicted molar refractivity (Wildman–Crippen MR) is 65.1 cm³/mol. The summed E-state index contributed by atoms with van der Waals surface area (Å²) in [6.45, 7) is 0.521. The number of aliphatic hydroxyl groups is 1. The highest BCUT2D eigenvalue weighted by Gasteiger charge is 2.28. The summed E-state index contributed by atoms with van der Waals surface area (Å²) in [7, 11) is 0. The Balaban J connectivity index is 1.68. The number of hydrogen-bond acceptors (Lipinski definition) is 6. The second kappa shape index (κ2) is 4.49. The van der Waals surface area contributed by atoms with Crippen molar-refractivity contribution in [1.82, 2.24) is 25.3 Å². The first kappa shape index (κ1) is 11.3. The van der Waals surface area contributed by atoms with Crippen LogP contribution in [0.3, 0.4) is 0 Å². The number of nitrogens with one attached hydrogen (secondary N) is 1. The maximum atomic E-state index is 10.4. The first-order valence-electron chi connectivity index (χ1n) is 6.27. The first-order chi connectivity index (χ1) is 8.75. The Morgan fingerprint density at radius 3 is 2.94 bits per heavy atom. The molecule has 0 radical (unpaired) electrons. The monoisotopic (exact) mass is 248 g/mol. The van der Waals surface area contributed by atoms with Crippen LogP contribution >= 0.6 is 0 Å². The van der Waals surface area contributed by atoms with Crippen LogP contribution in [0.1, 0.15) is 32.1 Å².